The number of esters is 1. The number of hydrogen-bond donors (Lipinski definition) is 1. The van der Waals surface area contributed by atoms with E-state index in [1.807, 2.05) is 6.07 Å². The van der Waals surface area contributed by atoms with E-state index in [1.165, 1.54) is 17.4 Å². The van der Waals surface area contributed by atoms with Crippen LogP contribution in [0.2, 0.25) is 0 Å². The van der Waals surface area contributed by atoms with Crippen molar-refractivity contribution in [3.63, 3.8) is 0 Å². The third kappa shape index (κ3) is 3.35. The molecule has 0 saturated heterocycles. The summed E-state index contributed by atoms with van der Waals surface area (Å²) in [6.07, 6.45) is 0.117. The van der Waals surface area contributed by atoms with Crippen LogP contribution in [-0.2, 0) is 16.0 Å². The number of nitrogens with zero attached hydrogens (tertiary/aromatic N) is 2. The Morgan fingerprint density at radius 2 is 2.33 bits per heavy atom. The number of aryl methyl sites for hydroxylation is 1. The molecular formula is C14H13N3O3S. The first kappa shape index (κ1) is 14.9. The van der Waals surface area contributed by atoms with Gasteiger partial charge in [0, 0.05) is 16.6 Å². The maximum atomic E-state index is 11.5. The van der Waals surface area contributed by atoms with E-state index in [0.717, 1.165) is 0 Å². The second-order valence-electron chi connectivity index (χ2n) is 4.27. The number of H-pyrrole nitrogens is 1. The third-order valence-electron chi connectivity index (χ3n) is 2.79. The molecule has 0 aliphatic rings. The molecule has 2 heterocycles. The molecule has 1 N–H and O–H groups in total. The van der Waals surface area contributed by atoms with Crippen LogP contribution in [0.1, 0.15) is 23.2 Å². The summed E-state index contributed by atoms with van der Waals surface area (Å²) in [7, 11) is 0. The van der Waals surface area contributed by atoms with Crippen LogP contribution in [0, 0.1) is 18.3 Å². The molecule has 0 atom stereocenters. The first-order valence-corrected chi connectivity index (χ1v) is 7.17. The molecule has 0 bridgehead atoms. The second-order valence-corrected chi connectivity index (χ2v) is 5.21. The van der Waals surface area contributed by atoms with Crippen LogP contribution in [0.3, 0.4) is 0 Å². The number of nitrogens with one attached hydrogen (secondary N) is 1. The molecule has 0 radical (unpaired) electrons. The lowest BCUT2D eigenvalue weighted by Gasteiger charge is -2.02. The van der Waals surface area contributed by atoms with Gasteiger partial charge in [0.2, 0.25) is 0 Å². The lowest BCUT2D eigenvalue weighted by atomic mass is 10.1. The summed E-state index contributed by atoms with van der Waals surface area (Å²) < 4.78 is 4.87. The quantitative estimate of drug-likeness (QED) is 0.869. The summed E-state index contributed by atoms with van der Waals surface area (Å²) in [6.45, 7) is 3.82. The molecule has 0 fully saturated rings. The number of carbonyl (C=O) groups is 1. The third-order valence-corrected chi connectivity index (χ3v) is 3.64. The molecule has 0 unspecified atom stereocenters. The lowest BCUT2D eigenvalue weighted by Crippen LogP contribution is -2.12. The minimum atomic E-state index is -0.416. The largest absolute Gasteiger partial charge is 0.466 e. The van der Waals surface area contributed by atoms with Gasteiger partial charge >= 0.3 is 5.97 Å². The van der Waals surface area contributed by atoms with E-state index < -0.39 is 5.56 Å². The van der Waals surface area contributed by atoms with Gasteiger partial charge in [0.1, 0.15) is 16.6 Å². The monoisotopic (exact) mass is 303 g/mol. The van der Waals surface area contributed by atoms with Crippen LogP contribution in [0.4, 0.5) is 0 Å². The highest BCUT2D eigenvalue weighted by Gasteiger charge is 2.13. The van der Waals surface area contributed by atoms with Crippen molar-refractivity contribution < 1.29 is 9.53 Å². The molecular weight excluding hydrogens is 290 g/mol. The van der Waals surface area contributed by atoms with Gasteiger partial charge in [0.05, 0.1) is 18.7 Å². The Kier molecular flexibility index (Phi) is 4.50. The predicted molar refractivity (Wildman–Crippen MR) is 78.0 cm³/mol. The van der Waals surface area contributed by atoms with Gasteiger partial charge in [-0.25, -0.2) is 4.98 Å². The van der Waals surface area contributed by atoms with Crippen molar-refractivity contribution in [1.29, 1.82) is 5.26 Å². The van der Waals surface area contributed by atoms with E-state index in [2.05, 4.69) is 9.97 Å². The van der Waals surface area contributed by atoms with Crippen molar-refractivity contribution in [2.45, 2.75) is 20.3 Å². The van der Waals surface area contributed by atoms with E-state index in [-0.39, 0.29) is 18.0 Å². The molecule has 0 aromatic carbocycles. The normalized spacial score (nSPS) is 10.1. The van der Waals surface area contributed by atoms with Crippen molar-refractivity contribution >= 4 is 17.3 Å². The highest BCUT2D eigenvalue weighted by Crippen LogP contribution is 2.24. The van der Waals surface area contributed by atoms with Crippen LogP contribution >= 0.6 is 11.3 Å². The Morgan fingerprint density at radius 3 is 3.00 bits per heavy atom. The summed E-state index contributed by atoms with van der Waals surface area (Å²) in [5.74, 6) is -0.325. The van der Waals surface area contributed by atoms with E-state index in [4.69, 9.17) is 10.00 Å². The zero-order chi connectivity index (χ0) is 15.4. The van der Waals surface area contributed by atoms with Crippen molar-refractivity contribution in [2.75, 3.05) is 6.61 Å². The van der Waals surface area contributed by atoms with E-state index in [9.17, 15) is 9.59 Å². The standard InChI is InChI=1S/C14H13N3O3S/c1-3-20-13(18)5-12-17-11(7-21-12)10-4-9(6-15)14(19)16-8(10)2/h4,7H,3,5H2,1-2H3,(H,16,19). The SMILES string of the molecule is CCOC(=O)Cc1nc(-c2cc(C#N)c(=O)[nH]c2C)cs1. The van der Waals surface area contributed by atoms with Crippen molar-refractivity contribution in [1.82, 2.24) is 9.97 Å². The first-order valence-electron chi connectivity index (χ1n) is 6.29. The highest BCUT2D eigenvalue weighted by atomic mass is 32.1. The topological polar surface area (TPSA) is 95.8 Å². The maximum Gasteiger partial charge on any atom is 0.312 e. The Morgan fingerprint density at radius 1 is 1.57 bits per heavy atom. The van der Waals surface area contributed by atoms with E-state index in [1.54, 1.807) is 19.2 Å². The number of pyridine rings is 1. The molecule has 0 saturated carbocycles. The molecule has 21 heavy (non-hydrogen) atoms. The average Bonchev–Trinajstić information content (AvgIpc) is 2.87. The summed E-state index contributed by atoms with van der Waals surface area (Å²) in [4.78, 5) is 29.9. The molecule has 6 nitrogen and oxygen atoms in total. The highest BCUT2D eigenvalue weighted by molar-refractivity contribution is 7.10. The number of thiazole rings is 1. The Bertz CT molecular complexity index is 771. The minimum absolute atomic E-state index is 0.0375. The number of aromatic amines is 1. The van der Waals surface area contributed by atoms with Gasteiger partial charge in [0.15, 0.2) is 0 Å². The molecule has 2 aromatic rings. The molecule has 7 heteroatoms. The molecule has 0 amide bonds. The van der Waals surface area contributed by atoms with Crippen molar-refractivity contribution in [3.8, 4) is 17.3 Å². The van der Waals surface area contributed by atoms with Gasteiger partial charge < -0.3 is 9.72 Å². The second kappa shape index (κ2) is 6.33. The average molecular weight is 303 g/mol. The van der Waals surface area contributed by atoms with Gasteiger partial charge in [-0.15, -0.1) is 11.3 Å². The summed E-state index contributed by atoms with van der Waals surface area (Å²) >= 11 is 1.34. The summed E-state index contributed by atoms with van der Waals surface area (Å²) in [5.41, 5.74) is 1.56. The van der Waals surface area contributed by atoms with Crippen molar-refractivity contribution in [3.05, 3.63) is 38.1 Å². The lowest BCUT2D eigenvalue weighted by molar-refractivity contribution is -0.142. The maximum absolute atomic E-state index is 11.5. The molecule has 2 aromatic heterocycles. The predicted octanol–water partition coefficient (Wildman–Crippen LogP) is 1.78. The number of aromatic nitrogens is 2. The van der Waals surface area contributed by atoms with Gasteiger partial charge in [-0.1, -0.05) is 0 Å². The smallest absolute Gasteiger partial charge is 0.312 e. The van der Waals surface area contributed by atoms with E-state index >= 15 is 0 Å². The van der Waals surface area contributed by atoms with Gasteiger partial charge in [-0.2, -0.15) is 5.26 Å². The van der Waals surface area contributed by atoms with Crippen LogP contribution in [0.15, 0.2) is 16.2 Å². The molecule has 0 aliphatic carbocycles. The molecule has 2 rings (SSSR count). The van der Waals surface area contributed by atoms with Crippen molar-refractivity contribution in [2.24, 2.45) is 0 Å². The summed E-state index contributed by atoms with van der Waals surface area (Å²) in [5, 5.41) is 11.3. The number of nitriles is 1. The number of rotatable bonds is 4. The zero-order valence-electron chi connectivity index (χ0n) is 11.6. The zero-order valence-corrected chi connectivity index (χ0v) is 12.4. The van der Waals surface area contributed by atoms with Crippen LogP contribution < -0.4 is 5.56 Å². The fourth-order valence-electron chi connectivity index (χ4n) is 1.82. The van der Waals surface area contributed by atoms with Gasteiger partial charge in [0.25, 0.3) is 5.56 Å². The first-order chi connectivity index (χ1) is 10.0. The number of hydrogen-bond acceptors (Lipinski definition) is 6. The fourth-order valence-corrected chi connectivity index (χ4v) is 2.60. The number of carbonyl (C=O) groups excluding carboxylic acids is 1. The van der Waals surface area contributed by atoms with Crippen LogP contribution in [-0.4, -0.2) is 22.5 Å². The van der Waals surface area contributed by atoms with Gasteiger partial charge in [-0.05, 0) is 19.9 Å². The molecule has 108 valence electrons. The molecule has 0 spiro atoms. The molecule has 0 aliphatic heterocycles. The minimum Gasteiger partial charge on any atom is -0.466 e. The Balaban J connectivity index is 2.32. The Hall–Kier alpha value is -2.46. The van der Waals surface area contributed by atoms with Gasteiger partial charge in [-0.3, -0.25) is 9.59 Å². The van der Waals surface area contributed by atoms with Crippen LogP contribution in [0.25, 0.3) is 11.3 Å². The summed E-state index contributed by atoms with van der Waals surface area (Å²) in [6, 6.07) is 3.36. The number of ether oxygens (including phenoxy) is 1. The van der Waals surface area contributed by atoms with Crippen LogP contribution in [0.5, 0.6) is 0 Å². The Labute approximate surface area is 125 Å². The van der Waals surface area contributed by atoms with E-state index in [0.29, 0.717) is 28.6 Å². The fraction of sp³-hybridized carbons (Fsp3) is 0.286.